The maximum absolute atomic E-state index is 13.4. The fraction of sp³-hybridized carbons (Fsp3) is 0.462. The van der Waals surface area contributed by atoms with E-state index in [-0.39, 0.29) is 17.9 Å². The zero-order valence-electron chi connectivity index (χ0n) is 19.3. The van der Waals surface area contributed by atoms with E-state index in [0.717, 1.165) is 28.7 Å². The topological polar surface area (TPSA) is 49.4 Å². The normalized spacial score (nSPS) is 12.9. The van der Waals surface area contributed by atoms with Crippen LogP contribution in [0.25, 0.3) is 0 Å². The summed E-state index contributed by atoms with van der Waals surface area (Å²) in [6, 6.07) is 14.0. The van der Waals surface area contributed by atoms with Crippen molar-refractivity contribution in [2.45, 2.75) is 79.4 Å². The highest BCUT2D eigenvalue weighted by Crippen LogP contribution is 2.17. The van der Waals surface area contributed by atoms with Gasteiger partial charge in [-0.05, 0) is 51.7 Å². The van der Waals surface area contributed by atoms with Crippen LogP contribution in [-0.4, -0.2) is 28.8 Å². The maximum Gasteiger partial charge on any atom is 0.243 e. The lowest BCUT2D eigenvalue weighted by Gasteiger charge is -2.31. The fourth-order valence-corrected chi connectivity index (χ4v) is 3.70. The lowest BCUT2D eigenvalue weighted by atomic mass is 10.0. The minimum atomic E-state index is -0.487. The Morgan fingerprint density at radius 2 is 1.47 bits per heavy atom. The van der Waals surface area contributed by atoms with Gasteiger partial charge in [0.25, 0.3) is 0 Å². The van der Waals surface area contributed by atoms with Crippen LogP contribution in [0, 0.1) is 20.8 Å². The molecule has 0 aliphatic carbocycles. The van der Waals surface area contributed by atoms with Gasteiger partial charge >= 0.3 is 0 Å². The predicted octanol–water partition coefficient (Wildman–Crippen LogP) is 4.88. The summed E-state index contributed by atoms with van der Waals surface area (Å²) in [4.78, 5) is 28.2. The second-order valence-electron chi connectivity index (χ2n) is 8.42. The van der Waals surface area contributed by atoms with Crippen LogP contribution < -0.4 is 5.32 Å². The summed E-state index contributed by atoms with van der Waals surface area (Å²) < 4.78 is 0. The molecular weight excluding hydrogens is 372 g/mol. The molecule has 0 saturated heterocycles. The van der Waals surface area contributed by atoms with Crippen LogP contribution in [0.1, 0.15) is 61.4 Å². The third-order valence-corrected chi connectivity index (χ3v) is 5.50. The molecule has 0 saturated carbocycles. The third kappa shape index (κ3) is 6.72. The molecular formula is C26H36N2O2. The van der Waals surface area contributed by atoms with E-state index >= 15 is 0 Å². The van der Waals surface area contributed by atoms with E-state index in [1.54, 1.807) is 4.90 Å². The Morgan fingerprint density at radius 1 is 0.867 bits per heavy atom. The minimum absolute atomic E-state index is 0.0215. The van der Waals surface area contributed by atoms with Crippen molar-refractivity contribution in [2.75, 3.05) is 0 Å². The molecule has 0 fully saturated rings. The first-order valence-corrected chi connectivity index (χ1v) is 11.0. The molecule has 0 aromatic heterocycles. The van der Waals surface area contributed by atoms with Gasteiger partial charge in [0, 0.05) is 12.6 Å². The first-order chi connectivity index (χ1) is 14.2. The van der Waals surface area contributed by atoms with Crippen LogP contribution in [0.3, 0.4) is 0 Å². The molecule has 2 atom stereocenters. The average molecular weight is 409 g/mol. The van der Waals surface area contributed by atoms with Crippen LogP contribution in [0.4, 0.5) is 0 Å². The number of carbonyl (C=O) groups is 2. The van der Waals surface area contributed by atoms with E-state index in [4.69, 9.17) is 0 Å². The molecule has 2 aromatic rings. The number of hydrogen-bond donors (Lipinski definition) is 1. The Bertz CT molecular complexity index is 838. The number of nitrogens with zero attached hydrogens (tertiary/aromatic N) is 1. The number of rotatable bonds is 9. The Kier molecular flexibility index (Phi) is 8.64. The van der Waals surface area contributed by atoms with Gasteiger partial charge in [-0.3, -0.25) is 9.59 Å². The van der Waals surface area contributed by atoms with Gasteiger partial charge < -0.3 is 10.2 Å². The summed E-state index contributed by atoms with van der Waals surface area (Å²) in [5.74, 6) is -0.0977. The fourth-order valence-electron chi connectivity index (χ4n) is 3.70. The van der Waals surface area contributed by atoms with Crippen molar-refractivity contribution in [1.82, 2.24) is 10.2 Å². The van der Waals surface area contributed by atoms with Crippen LogP contribution in [0.5, 0.6) is 0 Å². The van der Waals surface area contributed by atoms with Gasteiger partial charge in [-0.15, -0.1) is 0 Å². The Labute approximate surface area is 181 Å². The quantitative estimate of drug-likeness (QED) is 0.643. The van der Waals surface area contributed by atoms with Crippen LogP contribution in [-0.2, 0) is 22.6 Å². The number of benzene rings is 2. The Morgan fingerprint density at radius 3 is 2.00 bits per heavy atom. The largest absolute Gasteiger partial charge is 0.352 e. The number of carbonyl (C=O) groups excluding carboxylic acids is 2. The Hall–Kier alpha value is -2.62. The molecule has 0 unspecified atom stereocenters. The molecule has 4 heteroatoms. The monoisotopic (exact) mass is 408 g/mol. The zero-order valence-corrected chi connectivity index (χ0v) is 19.3. The summed E-state index contributed by atoms with van der Waals surface area (Å²) in [5.41, 5.74) is 5.48. The van der Waals surface area contributed by atoms with Gasteiger partial charge in [-0.1, -0.05) is 73.0 Å². The van der Waals surface area contributed by atoms with Gasteiger partial charge in [-0.2, -0.15) is 0 Å². The molecule has 0 heterocycles. The van der Waals surface area contributed by atoms with E-state index in [2.05, 4.69) is 23.5 Å². The van der Waals surface area contributed by atoms with Crippen molar-refractivity contribution in [1.29, 1.82) is 0 Å². The number of nitrogens with one attached hydrogen (secondary N) is 1. The molecule has 0 bridgehead atoms. The summed E-state index contributed by atoms with van der Waals surface area (Å²) >= 11 is 0. The highest BCUT2D eigenvalue weighted by Gasteiger charge is 2.29. The zero-order chi connectivity index (χ0) is 22.3. The first-order valence-electron chi connectivity index (χ1n) is 11.0. The Balaban J connectivity index is 2.31. The van der Waals surface area contributed by atoms with Crippen molar-refractivity contribution < 1.29 is 9.59 Å². The summed E-state index contributed by atoms with van der Waals surface area (Å²) in [6.07, 6.45) is 1.73. The lowest BCUT2D eigenvalue weighted by molar-refractivity contribution is -0.141. The third-order valence-electron chi connectivity index (χ3n) is 5.50. The van der Waals surface area contributed by atoms with E-state index in [1.807, 2.05) is 65.8 Å². The van der Waals surface area contributed by atoms with Crippen molar-refractivity contribution in [3.05, 3.63) is 70.3 Å². The molecule has 2 rings (SSSR count). The first kappa shape index (κ1) is 23.7. The molecule has 2 aromatic carbocycles. The number of amides is 2. The second kappa shape index (κ2) is 11.0. The number of aryl methyl sites for hydroxylation is 3. The van der Waals surface area contributed by atoms with E-state index in [1.165, 1.54) is 5.56 Å². The van der Waals surface area contributed by atoms with Gasteiger partial charge in [0.15, 0.2) is 0 Å². The average Bonchev–Trinajstić information content (AvgIpc) is 2.68. The summed E-state index contributed by atoms with van der Waals surface area (Å²) in [7, 11) is 0. The molecule has 30 heavy (non-hydrogen) atoms. The van der Waals surface area contributed by atoms with Crippen LogP contribution in [0.2, 0.25) is 0 Å². The lowest BCUT2D eigenvalue weighted by Crippen LogP contribution is -2.51. The van der Waals surface area contributed by atoms with E-state index in [0.29, 0.717) is 19.4 Å². The van der Waals surface area contributed by atoms with Crippen molar-refractivity contribution in [3.8, 4) is 0 Å². The standard InChI is InChI=1S/C26H36N2O2/c1-7-21(6)27-26(30)24(8-2)28(17-22-11-9-18(3)10-12-22)25(29)16-23-14-19(4)13-20(5)15-23/h9-15,21,24H,7-8,16-17H2,1-6H3,(H,27,30)/t21-,24+/m0/s1. The van der Waals surface area contributed by atoms with Crippen molar-refractivity contribution in [3.63, 3.8) is 0 Å². The summed E-state index contributed by atoms with van der Waals surface area (Å²) in [5, 5.41) is 3.06. The van der Waals surface area contributed by atoms with E-state index < -0.39 is 6.04 Å². The maximum atomic E-state index is 13.4. The molecule has 162 valence electrons. The SMILES string of the molecule is CC[C@H](C(=O)N[C@@H](C)CC)N(Cc1ccc(C)cc1)C(=O)Cc1cc(C)cc(C)c1. The van der Waals surface area contributed by atoms with Gasteiger partial charge in [0.05, 0.1) is 6.42 Å². The number of hydrogen-bond acceptors (Lipinski definition) is 2. The van der Waals surface area contributed by atoms with Gasteiger partial charge in [0.1, 0.15) is 6.04 Å². The van der Waals surface area contributed by atoms with Crippen LogP contribution >= 0.6 is 0 Å². The molecule has 2 amide bonds. The molecule has 0 radical (unpaired) electrons. The van der Waals surface area contributed by atoms with Crippen LogP contribution in [0.15, 0.2) is 42.5 Å². The molecule has 1 N–H and O–H groups in total. The highest BCUT2D eigenvalue weighted by atomic mass is 16.2. The van der Waals surface area contributed by atoms with Crippen molar-refractivity contribution >= 4 is 11.8 Å². The smallest absolute Gasteiger partial charge is 0.243 e. The minimum Gasteiger partial charge on any atom is -0.352 e. The molecule has 0 aliphatic rings. The highest BCUT2D eigenvalue weighted by molar-refractivity contribution is 5.88. The van der Waals surface area contributed by atoms with Crippen molar-refractivity contribution in [2.24, 2.45) is 0 Å². The van der Waals surface area contributed by atoms with E-state index in [9.17, 15) is 9.59 Å². The second-order valence-corrected chi connectivity index (χ2v) is 8.42. The molecule has 0 aliphatic heterocycles. The predicted molar refractivity (Wildman–Crippen MR) is 123 cm³/mol. The molecule has 0 spiro atoms. The summed E-state index contributed by atoms with van der Waals surface area (Å²) in [6.45, 7) is 12.6. The van der Waals surface area contributed by atoms with Gasteiger partial charge in [-0.25, -0.2) is 0 Å². The van der Waals surface area contributed by atoms with Gasteiger partial charge in [0.2, 0.25) is 11.8 Å². The molecule has 4 nitrogen and oxygen atoms in total.